The van der Waals surface area contributed by atoms with Gasteiger partial charge in [0.25, 0.3) is 11.1 Å². The SMILES string of the molecule is O=C(CN1C(=O)S/C(=C\c2ccc(-c3cccc(F)c3)o2)C1=O)Nc1ccccc1F. The molecule has 2 aromatic carbocycles. The number of thioether (sulfide) groups is 1. The maximum atomic E-state index is 13.7. The average Bonchev–Trinajstić information content (AvgIpc) is 3.30. The molecular formula is C22H14F2N2O4S. The molecule has 6 nitrogen and oxygen atoms in total. The first-order chi connectivity index (χ1) is 14.9. The molecule has 0 bridgehead atoms. The van der Waals surface area contributed by atoms with Crippen LogP contribution in [0.4, 0.5) is 19.3 Å². The molecule has 4 rings (SSSR count). The predicted molar refractivity (Wildman–Crippen MR) is 112 cm³/mol. The van der Waals surface area contributed by atoms with Crippen LogP contribution >= 0.6 is 11.8 Å². The minimum absolute atomic E-state index is 0.0459. The standard InChI is InChI=1S/C22H14F2N2O4S/c23-14-5-3-4-13(10-14)18-9-8-15(30-18)11-19-21(28)26(22(29)31-19)12-20(27)25-17-7-2-1-6-16(17)24/h1-11H,12H2,(H,25,27)/b19-11-. The van der Waals surface area contributed by atoms with E-state index in [1.165, 1.54) is 36.4 Å². The van der Waals surface area contributed by atoms with Gasteiger partial charge in [0, 0.05) is 11.6 Å². The minimum atomic E-state index is -0.708. The van der Waals surface area contributed by atoms with E-state index in [2.05, 4.69) is 5.32 Å². The molecule has 1 saturated heterocycles. The monoisotopic (exact) mass is 440 g/mol. The number of rotatable bonds is 5. The molecule has 2 heterocycles. The van der Waals surface area contributed by atoms with Crippen molar-refractivity contribution in [2.75, 3.05) is 11.9 Å². The van der Waals surface area contributed by atoms with Crippen LogP contribution in [0.2, 0.25) is 0 Å². The first kappa shape index (κ1) is 20.5. The molecule has 1 aliphatic rings. The van der Waals surface area contributed by atoms with Crippen LogP contribution in [0.25, 0.3) is 17.4 Å². The largest absolute Gasteiger partial charge is 0.457 e. The van der Waals surface area contributed by atoms with E-state index < -0.39 is 35.2 Å². The van der Waals surface area contributed by atoms with Crippen LogP contribution in [-0.4, -0.2) is 28.5 Å². The van der Waals surface area contributed by atoms with Gasteiger partial charge in [-0.2, -0.15) is 0 Å². The maximum absolute atomic E-state index is 13.7. The number of carbonyl (C=O) groups is 3. The number of nitrogens with one attached hydrogen (secondary N) is 1. The number of amides is 3. The fourth-order valence-corrected chi connectivity index (χ4v) is 3.71. The molecule has 3 amide bonds. The summed E-state index contributed by atoms with van der Waals surface area (Å²) in [6.07, 6.45) is 1.38. The molecule has 1 N–H and O–H groups in total. The van der Waals surface area contributed by atoms with Crippen molar-refractivity contribution in [3.63, 3.8) is 0 Å². The summed E-state index contributed by atoms with van der Waals surface area (Å²) in [5, 5.41) is 1.70. The molecule has 31 heavy (non-hydrogen) atoms. The molecule has 0 unspecified atom stereocenters. The van der Waals surface area contributed by atoms with Gasteiger partial charge < -0.3 is 9.73 Å². The zero-order valence-corrected chi connectivity index (χ0v) is 16.6. The Kier molecular flexibility index (Phi) is 5.68. The lowest BCUT2D eigenvalue weighted by Crippen LogP contribution is -2.36. The Morgan fingerprint density at radius 1 is 1.06 bits per heavy atom. The number of furan rings is 1. The van der Waals surface area contributed by atoms with Gasteiger partial charge in [0.1, 0.15) is 29.7 Å². The second kappa shape index (κ2) is 8.57. The summed E-state index contributed by atoms with van der Waals surface area (Å²) in [7, 11) is 0. The first-order valence-corrected chi connectivity index (χ1v) is 9.88. The van der Waals surface area contributed by atoms with E-state index in [9.17, 15) is 23.2 Å². The van der Waals surface area contributed by atoms with Crippen molar-refractivity contribution >= 4 is 40.6 Å². The summed E-state index contributed by atoms with van der Waals surface area (Å²) in [6, 6.07) is 14.6. The van der Waals surface area contributed by atoms with Crippen LogP contribution in [0.5, 0.6) is 0 Å². The molecule has 0 aliphatic carbocycles. The van der Waals surface area contributed by atoms with E-state index >= 15 is 0 Å². The molecule has 156 valence electrons. The third-order valence-corrected chi connectivity index (χ3v) is 5.24. The van der Waals surface area contributed by atoms with E-state index in [4.69, 9.17) is 4.42 Å². The van der Waals surface area contributed by atoms with Gasteiger partial charge >= 0.3 is 0 Å². The Morgan fingerprint density at radius 3 is 2.65 bits per heavy atom. The van der Waals surface area contributed by atoms with Crippen LogP contribution < -0.4 is 5.32 Å². The number of para-hydroxylation sites is 1. The molecule has 0 radical (unpaired) electrons. The third-order valence-electron chi connectivity index (χ3n) is 4.33. The number of halogens is 2. The number of benzene rings is 2. The lowest BCUT2D eigenvalue weighted by Gasteiger charge is -2.12. The molecular weight excluding hydrogens is 426 g/mol. The van der Waals surface area contributed by atoms with E-state index in [1.807, 2.05) is 0 Å². The topological polar surface area (TPSA) is 79.6 Å². The molecule has 1 aromatic heterocycles. The van der Waals surface area contributed by atoms with Crippen molar-refractivity contribution in [3.8, 4) is 11.3 Å². The average molecular weight is 440 g/mol. The Labute approximate surface area is 179 Å². The highest BCUT2D eigenvalue weighted by Gasteiger charge is 2.36. The van der Waals surface area contributed by atoms with Crippen molar-refractivity contribution in [2.45, 2.75) is 0 Å². The number of anilines is 1. The Hall–Kier alpha value is -3.72. The summed E-state index contributed by atoms with van der Waals surface area (Å²) in [5.74, 6) is -1.72. The fourth-order valence-electron chi connectivity index (χ4n) is 2.89. The number of hydrogen-bond acceptors (Lipinski definition) is 5. The van der Waals surface area contributed by atoms with Crippen molar-refractivity contribution in [3.05, 3.63) is 83.0 Å². The fraction of sp³-hybridized carbons (Fsp3) is 0.0455. The van der Waals surface area contributed by atoms with Crippen LogP contribution in [0.3, 0.4) is 0 Å². The van der Waals surface area contributed by atoms with Crippen molar-refractivity contribution < 1.29 is 27.6 Å². The van der Waals surface area contributed by atoms with Gasteiger partial charge in [-0.3, -0.25) is 19.3 Å². The van der Waals surface area contributed by atoms with Crippen molar-refractivity contribution in [1.29, 1.82) is 0 Å². The number of nitrogens with zero attached hydrogens (tertiary/aromatic N) is 1. The lowest BCUT2D eigenvalue weighted by atomic mass is 10.2. The van der Waals surface area contributed by atoms with Crippen LogP contribution in [-0.2, 0) is 9.59 Å². The highest BCUT2D eigenvalue weighted by molar-refractivity contribution is 8.18. The molecule has 3 aromatic rings. The molecule has 0 spiro atoms. The maximum Gasteiger partial charge on any atom is 0.294 e. The summed E-state index contributed by atoms with van der Waals surface area (Å²) in [4.78, 5) is 37.8. The molecule has 1 aliphatic heterocycles. The first-order valence-electron chi connectivity index (χ1n) is 9.06. The minimum Gasteiger partial charge on any atom is -0.457 e. The number of hydrogen-bond donors (Lipinski definition) is 1. The third kappa shape index (κ3) is 4.56. The Morgan fingerprint density at radius 2 is 1.87 bits per heavy atom. The van der Waals surface area contributed by atoms with Gasteiger partial charge in [0.05, 0.1) is 10.6 Å². The predicted octanol–water partition coefficient (Wildman–Crippen LogP) is 4.90. The van der Waals surface area contributed by atoms with Gasteiger partial charge in [-0.1, -0.05) is 24.3 Å². The second-order valence-electron chi connectivity index (χ2n) is 6.51. The summed E-state index contributed by atoms with van der Waals surface area (Å²) in [5.41, 5.74) is 0.480. The van der Waals surface area contributed by atoms with E-state index in [0.717, 1.165) is 4.90 Å². The van der Waals surface area contributed by atoms with Crippen LogP contribution in [0.15, 0.2) is 70.0 Å². The van der Waals surface area contributed by atoms with Gasteiger partial charge in [-0.05, 0) is 48.2 Å². The Bertz CT molecular complexity index is 1220. The van der Waals surface area contributed by atoms with Crippen molar-refractivity contribution in [2.24, 2.45) is 0 Å². The molecule has 0 saturated carbocycles. The number of imide groups is 1. The van der Waals surface area contributed by atoms with Gasteiger partial charge in [-0.25, -0.2) is 8.78 Å². The van der Waals surface area contributed by atoms with Gasteiger partial charge in [-0.15, -0.1) is 0 Å². The second-order valence-corrected chi connectivity index (χ2v) is 7.50. The number of carbonyl (C=O) groups excluding carboxylic acids is 3. The van der Waals surface area contributed by atoms with E-state index in [0.29, 0.717) is 28.8 Å². The normalized spacial score (nSPS) is 15.0. The smallest absolute Gasteiger partial charge is 0.294 e. The summed E-state index contributed by atoms with van der Waals surface area (Å²) < 4.78 is 32.7. The van der Waals surface area contributed by atoms with E-state index in [-0.39, 0.29) is 10.6 Å². The lowest BCUT2D eigenvalue weighted by molar-refractivity contribution is -0.127. The Balaban J connectivity index is 1.46. The molecule has 0 atom stereocenters. The summed E-state index contributed by atoms with van der Waals surface area (Å²) in [6.45, 7) is -0.553. The zero-order valence-electron chi connectivity index (χ0n) is 15.8. The molecule has 9 heteroatoms. The zero-order chi connectivity index (χ0) is 22.0. The highest BCUT2D eigenvalue weighted by atomic mass is 32.2. The van der Waals surface area contributed by atoms with Crippen LogP contribution in [0, 0.1) is 11.6 Å². The van der Waals surface area contributed by atoms with E-state index in [1.54, 1.807) is 30.3 Å². The van der Waals surface area contributed by atoms with Gasteiger partial charge in [0.2, 0.25) is 5.91 Å². The summed E-state index contributed by atoms with van der Waals surface area (Å²) >= 11 is 0.660. The highest BCUT2D eigenvalue weighted by Crippen LogP contribution is 2.33. The van der Waals surface area contributed by atoms with Gasteiger partial charge in [0.15, 0.2) is 0 Å². The van der Waals surface area contributed by atoms with Crippen LogP contribution in [0.1, 0.15) is 5.76 Å². The van der Waals surface area contributed by atoms with Crippen molar-refractivity contribution in [1.82, 2.24) is 4.90 Å². The molecule has 1 fully saturated rings. The quantitative estimate of drug-likeness (QED) is 0.571.